The topological polar surface area (TPSA) is 69.6 Å². The molecule has 0 spiro atoms. The van der Waals surface area contributed by atoms with Gasteiger partial charge in [0.2, 0.25) is 5.89 Å². The SMILES string of the molecule is CC(C)c1noc(C(C)Sc2nnc(-c3cccs3)n2-c2ccccc2)n1. The highest BCUT2D eigenvalue weighted by atomic mass is 32.2. The molecule has 4 rings (SSSR count). The van der Waals surface area contributed by atoms with Crippen LogP contribution in [0.25, 0.3) is 16.4 Å². The molecule has 0 aliphatic rings. The van der Waals surface area contributed by atoms with E-state index in [2.05, 4.69) is 43.1 Å². The first-order valence-corrected chi connectivity index (χ1v) is 10.4. The minimum atomic E-state index is -0.0344. The maximum atomic E-state index is 5.45. The Morgan fingerprint density at radius 2 is 1.85 bits per heavy atom. The van der Waals surface area contributed by atoms with E-state index in [9.17, 15) is 0 Å². The summed E-state index contributed by atoms with van der Waals surface area (Å²) >= 11 is 3.21. The number of thiophene rings is 1. The average Bonchev–Trinajstić information content (AvgIpc) is 3.42. The normalized spacial score (nSPS) is 12.6. The van der Waals surface area contributed by atoms with E-state index in [0.717, 1.165) is 27.4 Å². The molecule has 1 unspecified atom stereocenters. The number of nitrogens with zero attached hydrogens (tertiary/aromatic N) is 5. The Morgan fingerprint density at radius 3 is 2.52 bits per heavy atom. The quantitative estimate of drug-likeness (QED) is 0.408. The third-order valence-corrected chi connectivity index (χ3v) is 5.89. The molecule has 138 valence electrons. The lowest BCUT2D eigenvalue weighted by Gasteiger charge is -2.11. The van der Waals surface area contributed by atoms with Crippen LogP contribution in [0.4, 0.5) is 0 Å². The number of hydrogen-bond acceptors (Lipinski definition) is 7. The summed E-state index contributed by atoms with van der Waals surface area (Å²) in [6, 6.07) is 14.2. The highest BCUT2D eigenvalue weighted by Gasteiger charge is 2.23. The van der Waals surface area contributed by atoms with Crippen LogP contribution in [-0.4, -0.2) is 24.9 Å². The standard InChI is InChI=1S/C19H19N5OS2/c1-12(2)16-20-18(25-23-16)13(3)27-19-22-21-17(15-10-7-11-26-15)24(19)14-8-5-4-6-9-14/h4-13H,1-3H3. The molecule has 0 aliphatic heterocycles. The van der Waals surface area contributed by atoms with Crippen molar-refractivity contribution in [3.05, 3.63) is 59.6 Å². The maximum absolute atomic E-state index is 5.45. The van der Waals surface area contributed by atoms with E-state index in [0.29, 0.717) is 5.89 Å². The lowest BCUT2D eigenvalue weighted by atomic mass is 10.2. The van der Waals surface area contributed by atoms with Crippen molar-refractivity contribution in [1.29, 1.82) is 0 Å². The predicted octanol–water partition coefficient (Wildman–Crippen LogP) is 5.36. The summed E-state index contributed by atoms with van der Waals surface area (Å²) in [6.07, 6.45) is 0. The van der Waals surface area contributed by atoms with Gasteiger partial charge in [0.1, 0.15) is 0 Å². The molecule has 0 saturated carbocycles. The molecule has 3 aromatic heterocycles. The van der Waals surface area contributed by atoms with Crippen LogP contribution < -0.4 is 0 Å². The third kappa shape index (κ3) is 3.68. The van der Waals surface area contributed by atoms with Crippen LogP contribution in [0.2, 0.25) is 0 Å². The average molecular weight is 398 g/mol. The van der Waals surface area contributed by atoms with Gasteiger partial charge < -0.3 is 4.52 Å². The fourth-order valence-electron chi connectivity index (χ4n) is 2.58. The Morgan fingerprint density at radius 1 is 1.04 bits per heavy atom. The summed E-state index contributed by atoms with van der Waals surface area (Å²) in [5.41, 5.74) is 1.02. The van der Waals surface area contributed by atoms with Crippen LogP contribution in [0.5, 0.6) is 0 Å². The van der Waals surface area contributed by atoms with Crippen molar-refractivity contribution < 1.29 is 4.52 Å². The molecule has 0 N–H and O–H groups in total. The number of benzene rings is 1. The molecule has 1 aromatic carbocycles. The van der Waals surface area contributed by atoms with Crippen molar-refractivity contribution in [3.8, 4) is 16.4 Å². The largest absolute Gasteiger partial charge is 0.338 e. The van der Waals surface area contributed by atoms with Gasteiger partial charge in [0.15, 0.2) is 16.8 Å². The first-order chi connectivity index (χ1) is 13.1. The van der Waals surface area contributed by atoms with Gasteiger partial charge >= 0.3 is 0 Å². The molecule has 3 heterocycles. The van der Waals surface area contributed by atoms with Crippen LogP contribution in [0.3, 0.4) is 0 Å². The van der Waals surface area contributed by atoms with Gasteiger partial charge in [0.05, 0.1) is 10.1 Å². The van der Waals surface area contributed by atoms with Gasteiger partial charge in [0.25, 0.3) is 0 Å². The van der Waals surface area contributed by atoms with Crippen LogP contribution in [0, 0.1) is 0 Å². The van der Waals surface area contributed by atoms with E-state index in [1.54, 1.807) is 23.1 Å². The number of rotatable bonds is 6. The molecule has 0 aliphatic carbocycles. The molecule has 0 amide bonds. The van der Waals surface area contributed by atoms with E-state index in [-0.39, 0.29) is 11.2 Å². The van der Waals surface area contributed by atoms with Gasteiger partial charge in [0, 0.05) is 11.6 Å². The summed E-state index contributed by atoms with van der Waals surface area (Å²) in [5.74, 6) is 2.39. The first kappa shape index (κ1) is 17.9. The molecule has 8 heteroatoms. The van der Waals surface area contributed by atoms with Crippen molar-refractivity contribution in [2.24, 2.45) is 0 Å². The molecule has 0 saturated heterocycles. The Labute approximate surface area is 165 Å². The summed E-state index contributed by atoms with van der Waals surface area (Å²) < 4.78 is 7.52. The zero-order chi connectivity index (χ0) is 18.8. The fraction of sp³-hybridized carbons (Fsp3) is 0.263. The molecule has 0 fully saturated rings. The van der Waals surface area contributed by atoms with E-state index < -0.39 is 0 Å². The van der Waals surface area contributed by atoms with Crippen molar-refractivity contribution in [3.63, 3.8) is 0 Å². The van der Waals surface area contributed by atoms with Crippen LogP contribution >= 0.6 is 23.1 Å². The monoisotopic (exact) mass is 397 g/mol. The highest BCUT2D eigenvalue weighted by Crippen LogP contribution is 2.37. The van der Waals surface area contributed by atoms with Crippen molar-refractivity contribution >= 4 is 23.1 Å². The van der Waals surface area contributed by atoms with Gasteiger partial charge in [-0.25, -0.2) is 0 Å². The third-order valence-electron chi connectivity index (χ3n) is 3.99. The Hall–Kier alpha value is -2.45. The molecule has 4 aromatic rings. The number of para-hydroxylation sites is 1. The van der Waals surface area contributed by atoms with Crippen LogP contribution in [-0.2, 0) is 0 Å². The van der Waals surface area contributed by atoms with Crippen LogP contribution in [0.15, 0.2) is 57.5 Å². The summed E-state index contributed by atoms with van der Waals surface area (Å²) in [6.45, 7) is 6.13. The van der Waals surface area contributed by atoms with Gasteiger partial charge in [-0.2, -0.15) is 4.98 Å². The Balaban J connectivity index is 1.70. The lowest BCUT2D eigenvalue weighted by Crippen LogP contribution is -2.00. The Kier molecular flexibility index (Phi) is 5.09. The molecular formula is C19H19N5OS2. The molecular weight excluding hydrogens is 378 g/mol. The molecule has 0 bridgehead atoms. The Bertz CT molecular complexity index is 1010. The van der Waals surface area contributed by atoms with Crippen molar-refractivity contribution in [1.82, 2.24) is 24.9 Å². The zero-order valence-corrected chi connectivity index (χ0v) is 16.9. The number of thioether (sulfide) groups is 1. The number of hydrogen-bond donors (Lipinski definition) is 0. The predicted molar refractivity (Wildman–Crippen MR) is 107 cm³/mol. The van der Waals surface area contributed by atoms with E-state index >= 15 is 0 Å². The molecule has 1 atom stereocenters. The molecule has 0 radical (unpaired) electrons. The molecule has 6 nitrogen and oxygen atoms in total. The van der Waals surface area contributed by atoms with E-state index in [1.807, 2.05) is 50.4 Å². The lowest BCUT2D eigenvalue weighted by molar-refractivity contribution is 0.373. The first-order valence-electron chi connectivity index (χ1n) is 8.68. The minimum absolute atomic E-state index is 0.0344. The van der Waals surface area contributed by atoms with Gasteiger partial charge in [-0.15, -0.1) is 21.5 Å². The number of aromatic nitrogens is 5. The summed E-state index contributed by atoms with van der Waals surface area (Å²) in [4.78, 5) is 5.59. The summed E-state index contributed by atoms with van der Waals surface area (Å²) in [7, 11) is 0. The molecule has 27 heavy (non-hydrogen) atoms. The van der Waals surface area contributed by atoms with Crippen molar-refractivity contribution in [2.45, 2.75) is 37.1 Å². The summed E-state index contributed by atoms with van der Waals surface area (Å²) in [5, 5.41) is 15.8. The fourth-order valence-corrected chi connectivity index (χ4v) is 4.17. The zero-order valence-electron chi connectivity index (χ0n) is 15.2. The van der Waals surface area contributed by atoms with Crippen molar-refractivity contribution in [2.75, 3.05) is 0 Å². The second kappa shape index (κ2) is 7.66. The second-order valence-corrected chi connectivity index (χ2v) is 8.62. The van der Waals surface area contributed by atoms with E-state index in [1.165, 1.54) is 0 Å². The van der Waals surface area contributed by atoms with E-state index in [4.69, 9.17) is 4.52 Å². The van der Waals surface area contributed by atoms with Crippen LogP contribution in [0.1, 0.15) is 43.7 Å². The van der Waals surface area contributed by atoms with Gasteiger partial charge in [-0.3, -0.25) is 4.57 Å². The second-order valence-electron chi connectivity index (χ2n) is 6.36. The smallest absolute Gasteiger partial charge is 0.239 e. The highest BCUT2D eigenvalue weighted by molar-refractivity contribution is 7.99. The van der Waals surface area contributed by atoms with Gasteiger partial charge in [-0.1, -0.05) is 55.0 Å². The minimum Gasteiger partial charge on any atom is -0.338 e. The maximum Gasteiger partial charge on any atom is 0.239 e. The van der Waals surface area contributed by atoms with Gasteiger partial charge in [-0.05, 0) is 30.5 Å².